The molecule has 0 spiro atoms. The molecule has 2 aliphatic rings. The van der Waals surface area contributed by atoms with Crippen LogP contribution in [0.1, 0.15) is 45.4 Å². The third-order valence-electron chi connectivity index (χ3n) is 3.44. The van der Waals surface area contributed by atoms with Crippen molar-refractivity contribution in [3.05, 3.63) is 11.6 Å². The van der Waals surface area contributed by atoms with Gasteiger partial charge in [0.2, 0.25) is 0 Å². The molecule has 1 saturated carbocycles. The molecular formula is C11H16O. The molecule has 0 heterocycles. The Hall–Kier alpha value is -0.590. The lowest BCUT2D eigenvalue weighted by Gasteiger charge is -2.38. The van der Waals surface area contributed by atoms with Crippen molar-refractivity contribution in [1.82, 2.24) is 0 Å². The summed E-state index contributed by atoms with van der Waals surface area (Å²) in [5.74, 6) is 0.445. The van der Waals surface area contributed by atoms with Gasteiger partial charge in [-0.3, -0.25) is 4.79 Å². The van der Waals surface area contributed by atoms with Gasteiger partial charge in [0, 0.05) is 12.8 Å². The Morgan fingerprint density at radius 3 is 3.08 bits per heavy atom. The van der Waals surface area contributed by atoms with Crippen molar-refractivity contribution in [2.45, 2.75) is 45.4 Å². The maximum absolute atomic E-state index is 11.2. The first-order valence-corrected chi connectivity index (χ1v) is 4.92. The third-order valence-corrected chi connectivity index (χ3v) is 3.44. The smallest absolute Gasteiger partial charge is 0.136 e. The first-order chi connectivity index (χ1) is 5.71. The molecule has 0 amide bonds. The summed E-state index contributed by atoms with van der Waals surface area (Å²) >= 11 is 0. The normalized spacial score (nSPS) is 35.8. The van der Waals surface area contributed by atoms with E-state index in [-0.39, 0.29) is 0 Å². The summed E-state index contributed by atoms with van der Waals surface area (Å²) in [6.07, 6.45) is 8.76. The second-order valence-electron chi connectivity index (χ2n) is 4.40. The zero-order chi connectivity index (χ0) is 8.60. The molecule has 0 aromatic rings. The Balaban J connectivity index is 2.25. The van der Waals surface area contributed by atoms with Crippen LogP contribution in [0.25, 0.3) is 0 Å². The molecule has 0 unspecified atom stereocenters. The van der Waals surface area contributed by atoms with E-state index in [1.807, 2.05) is 0 Å². The zero-order valence-electron chi connectivity index (χ0n) is 7.73. The summed E-state index contributed by atoms with van der Waals surface area (Å²) in [6.45, 7) is 2.32. The van der Waals surface area contributed by atoms with E-state index in [0.717, 1.165) is 19.3 Å². The Morgan fingerprint density at radius 2 is 2.25 bits per heavy atom. The average Bonchev–Trinajstić information content (AvgIpc) is 2.06. The number of rotatable bonds is 0. The number of Topliss-reactive ketones (excluding diaryl/α,β-unsaturated/α-hetero) is 1. The summed E-state index contributed by atoms with van der Waals surface area (Å²) in [6, 6.07) is 0. The molecule has 1 nitrogen and oxygen atoms in total. The third kappa shape index (κ3) is 1.21. The number of hydrogen-bond acceptors (Lipinski definition) is 1. The lowest BCUT2D eigenvalue weighted by molar-refractivity contribution is -0.120. The van der Waals surface area contributed by atoms with E-state index < -0.39 is 0 Å². The van der Waals surface area contributed by atoms with Crippen molar-refractivity contribution in [2.24, 2.45) is 5.41 Å². The van der Waals surface area contributed by atoms with E-state index in [1.54, 1.807) is 0 Å². The molecule has 1 heteroatoms. The SMILES string of the molecule is C[C@@]12CCCC=C1CC(=O)CC2. The molecular weight excluding hydrogens is 148 g/mol. The highest BCUT2D eigenvalue weighted by atomic mass is 16.1. The summed E-state index contributed by atoms with van der Waals surface area (Å²) in [5, 5.41) is 0. The van der Waals surface area contributed by atoms with E-state index in [2.05, 4.69) is 13.0 Å². The van der Waals surface area contributed by atoms with Gasteiger partial charge in [-0.15, -0.1) is 0 Å². The van der Waals surface area contributed by atoms with Crippen LogP contribution in [0.3, 0.4) is 0 Å². The Morgan fingerprint density at radius 1 is 1.42 bits per heavy atom. The van der Waals surface area contributed by atoms with E-state index in [1.165, 1.54) is 24.8 Å². The van der Waals surface area contributed by atoms with Gasteiger partial charge < -0.3 is 0 Å². The van der Waals surface area contributed by atoms with E-state index in [0.29, 0.717) is 11.2 Å². The van der Waals surface area contributed by atoms with Crippen molar-refractivity contribution >= 4 is 5.78 Å². The van der Waals surface area contributed by atoms with Crippen molar-refractivity contribution in [3.63, 3.8) is 0 Å². The van der Waals surface area contributed by atoms with Gasteiger partial charge in [-0.25, -0.2) is 0 Å². The van der Waals surface area contributed by atoms with E-state index >= 15 is 0 Å². The van der Waals surface area contributed by atoms with Gasteiger partial charge in [0.15, 0.2) is 0 Å². The molecule has 0 aliphatic heterocycles. The number of carbonyl (C=O) groups is 1. The lowest BCUT2D eigenvalue weighted by Crippen LogP contribution is -2.29. The van der Waals surface area contributed by atoms with Crippen LogP contribution in [0.2, 0.25) is 0 Å². The molecule has 1 fully saturated rings. The number of ketones is 1. The van der Waals surface area contributed by atoms with Crippen LogP contribution in [0, 0.1) is 5.41 Å². The predicted octanol–water partition coefficient (Wildman–Crippen LogP) is 2.86. The van der Waals surface area contributed by atoms with Gasteiger partial charge in [-0.1, -0.05) is 18.6 Å². The summed E-state index contributed by atoms with van der Waals surface area (Å²) in [7, 11) is 0. The Bertz CT molecular complexity index is 239. The summed E-state index contributed by atoms with van der Waals surface area (Å²) < 4.78 is 0. The van der Waals surface area contributed by atoms with Gasteiger partial charge in [0.25, 0.3) is 0 Å². The summed E-state index contributed by atoms with van der Waals surface area (Å²) in [5.41, 5.74) is 1.83. The Labute approximate surface area is 73.8 Å². The molecule has 66 valence electrons. The minimum atomic E-state index is 0.395. The molecule has 1 atom stereocenters. The molecule has 0 aromatic heterocycles. The van der Waals surface area contributed by atoms with Crippen LogP contribution < -0.4 is 0 Å². The fraction of sp³-hybridized carbons (Fsp3) is 0.727. The van der Waals surface area contributed by atoms with Gasteiger partial charge in [-0.2, -0.15) is 0 Å². The van der Waals surface area contributed by atoms with E-state index in [9.17, 15) is 4.79 Å². The molecule has 0 radical (unpaired) electrons. The monoisotopic (exact) mass is 164 g/mol. The quantitative estimate of drug-likeness (QED) is 0.503. The Kier molecular flexibility index (Phi) is 1.82. The van der Waals surface area contributed by atoms with Gasteiger partial charge in [0.05, 0.1) is 0 Å². The molecule has 2 rings (SSSR count). The van der Waals surface area contributed by atoms with Crippen LogP contribution in [-0.4, -0.2) is 5.78 Å². The van der Waals surface area contributed by atoms with Gasteiger partial charge >= 0.3 is 0 Å². The molecule has 12 heavy (non-hydrogen) atoms. The van der Waals surface area contributed by atoms with E-state index in [4.69, 9.17) is 0 Å². The standard InChI is InChI=1S/C11H16O/c1-11-6-3-2-4-9(11)8-10(12)5-7-11/h4H,2-3,5-8H2,1H3/t11-/m0/s1. The van der Waals surface area contributed by atoms with Crippen LogP contribution in [0.4, 0.5) is 0 Å². The first kappa shape index (κ1) is 8.03. The van der Waals surface area contributed by atoms with Gasteiger partial charge in [0.1, 0.15) is 5.78 Å². The van der Waals surface area contributed by atoms with Crippen molar-refractivity contribution in [3.8, 4) is 0 Å². The van der Waals surface area contributed by atoms with Crippen LogP contribution in [0.15, 0.2) is 11.6 Å². The number of hydrogen-bond donors (Lipinski definition) is 0. The minimum Gasteiger partial charge on any atom is -0.299 e. The van der Waals surface area contributed by atoms with Crippen molar-refractivity contribution < 1.29 is 4.79 Å². The molecule has 0 saturated heterocycles. The average molecular weight is 164 g/mol. The number of carbonyl (C=O) groups excluding carboxylic acids is 1. The van der Waals surface area contributed by atoms with Crippen LogP contribution in [0.5, 0.6) is 0 Å². The largest absolute Gasteiger partial charge is 0.299 e. The van der Waals surface area contributed by atoms with Crippen LogP contribution in [-0.2, 0) is 4.79 Å². The minimum absolute atomic E-state index is 0.395. The first-order valence-electron chi connectivity index (χ1n) is 4.92. The molecule has 0 aromatic carbocycles. The fourth-order valence-electron chi connectivity index (χ4n) is 2.46. The van der Waals surface area contributed by atoms with Crippen LogP contribution >= 0.6 is 0 Å². The highest BCUT2D eigenvalue weighted by molar-refractivity contribution is 5.82. The fourth-order valence-corrected chi connectivity index (χ4v) is 2.46. The second kappa shape index (κ2) is 2.72. The maximum Gasteiger partial charge on any atom is 0.136 e. The number of fused-ring (bicyclic) bond motifs is 1. The highest BCUT2D eigenvalue weighted by Crippen LogP contribution is 2.45. The molecule has 0 N–H and O–H groups in total. The zero-order valence-corrected chi connectivity index (χ0v) is 7.73. The molecule has 0 bridgehead atoms. The predicted molar refractivity (Wildman–Crippen MR) is 48.9 cm³/mol. The second-order valence-corrected chi connectivity index (χ2v) is 4.40. The maximum atomic E-state index is 11.2. The molecule has 2 aliphatic carbocycles. The summed E-state index contributed by atoms with van der Waals surface area (Å²) in [4.78, 5) is 11.2. The topological polar surface area (TPSA) is 17.1 Å². The van der Waals surface area contributed by atoms with Crippen molar-refractivity contribution in [1.29, 1.82) is 0 Å². The lowest BCUT2D eigenvalue weighted by atomic mass is 9.66. The number of allylic oxidation sites excluding steroid dienone is 2. The highest BCUT2D eigenvalue weighted by Gasteiger charge is 2.35. The van der Waals surface area contributed by atoms with Gasteiger partial charge in [-0.05, 0) is 31.1 Å². The van der Waals surface area contributed by atoms with Crippen molar-refractivity contribution in [2.75, 3.05) is 0 Å².